The molecule has 0 fully saturated rings. The van der Waals surface area contributed by atoms with Crippen molar-refractivity contribution in [1.29, 1.82) is 0 Å². The topological polar surface area (TPSA) is 83.6 Å². The van der Waals surface area contributed by atoms with E-state index in [2.05, 4.69) is 15.5 Å². The van der Waals surface area contributed by atoms with Crippen molar-refractivity contribution in [3.8, 4) is 0 Å². The Kier molecular flexibility index (Phi) is 5.03. The molecule has 2 N–H and O–H groups in total. The third kappa shape index (κ3) is 3.51. The highest BCUT2D eigenvalue weighted by molar-refractivity contribution is 7.14. The van der Waals surface area contributed by atoms with E-state index < -0.39 is 0 Å². The van der Waals surface area contributed by atoms with Crippen LogP contribution in [0.4, 0.5) is 0 Å². The number of ether oxygens (including phenoxy) is 1. The van der Waals surface area contributed by atoms with Gasteiger partial charge in [-0.1, -0.05) is 0 Å². The second-order valence-electron chi connectivity index (χ2n) is 6.00. The molecule has 0 aromatic carbocycles. The molecule has 0 spiro atoms. The molecule has 0 saturated heterocycles. The first-order valence-corrected chi connectivity index (χ1v) is 9.14. The number of nitrogens with zero attached hydrogens (tertiary/aromatic N) is 1. The Morgan fingerprint density at radius 3 is 2.92 bits per heavy atom. The first kappa shape index (κ1) is 17.4. The number of carbonyl (C=O) groups excluding carboxylic acids is 2. The van der Waals surface area contributed by atoms with Gasteiger partial charge in [0.25, 0.3) is 5.91 Å². The predicted octanol–water partition coefficient (Wildman–Crippen LogP) is 3.12. The zero-order chi connectivity index (χ0) is 18.0. The molecule has 1 aliphatic rings. The number of hydrazone groups is 1. The van der Waals surface area contributed by atoms with Gasteiger partial charge in [0.15, 0.2) is 0 Å². The fourth-order valence-electron chi connectivity index (χ4n) is 3.06. The van der Waals surface area contributed by atoms with Gasteiger partial charge in [0.05, 0.1) is 29.0 Å². The Hall–Kier alpha value is -2.41. The summed E-state index contributed by atoms with van der Waals surface area (Å²) in [5.74, 6) is -0.562. The van der Waals surface area contributed by atoms with Crippen LogP contribution in [0.3, 0.4) is 0 Å². The highest BCUT2D eigenvalue weighted by atomic mass is 32.1. The number of aromatic amines is 1. The number of rotatable bonds is 5. The van der Waals surface area contributed by atoms with Gasteiger partial charge in [0.2, 0.25) is 0 Å². The van der Waals surface area contributed by atoms with Crippen LogP contribution in [0.25, 0.3) is 0 Å². The van der Waals surface area contributed by atoms with Gasteiger partial charge in [-0.05, 0) is 57.2 Å². The molecule has 6 nitrogen and oxygen atoms in total. The monoisotopic (exact) mass is 359 g/mol. The van der Waals surface area contributed by atoms with Crippen LogP contribution in [-0.4, -0.2) is 29.7 Å². The van der Waals surface area contributed by atoms with E-state index in [1.807, 2.05) is 19.9 Å². The number of aryl methyl sites for hydroxylation is 3. The van der Waals surface area contributed by atoms with Crippen molar-refractivity contribution in [3.05, 3.63) is 43.9 Å². The van der Waals surface area contributed by atoms with Gasteiger partial charge in [0, 0.05) is 10.6 Å². The van der Waals surface area contributed by atoms with Crippen LogP contribution in [0, 0.1) is 13.8 Å². The quantitative estimate of drug-likeness (QED) is 0.489. The SMILES string of the molecule is CCOC(=O)c1c(C)[nH]c(/C=N/NC(=O)c2cc3c(s2)CCC3)c1C. The molecular weight excluding hydrogens is 338 g/mol. The Morgan fingerprint density at radius 2 is 2.20 bits per heavy atom. The average Bonchev–Trinajstić information content (AvgIpc) is 3.21. The molecule has 1 amide bonds. The van der Waals surface area contributed by atoms with Crippen LogP contribution in [0.5, 0.6) is 0 Å². The number of hydrogen-bond donors (Lipinski definition) is 2. The molecule has 2 aromatic rings. The van der Waals surface area contributed by atoms with Crippen molar-refractivity contribution in [2.75, 3.05) is 6.61 Å². The highest BCUT2D eigenvalue weighted by Gasteiger charge is 2.19. The number of H-pyrrole nitrogens is 1. The summed E-state index contributed by atoms with van der Waals surface area (Å²) in [5.41, 5.74) is 6.51. The Labute approximate surface area is 150 Å². The van der Waals surface area contributed by atoms with Gasteiger partial charge >= 0.3 is 5.97 Å². The van der Waals surface area contributed by atoms with E-state index in [-0.39, 0.29) is 11.9 Å². The van der Waals surface area contributed by atoms with Crippen LogP contribution >= 0.6 is 11.3 Å². The summed E-state index contributed by atoms with van der Waals surface area (Å²) in [5, 5.41) is 4.02. The van der Waals surface area contributed by atoms with Crippen molar-refractivity contribution >= 4 is 29.4 Å². The molecule has 0 radical (unpaired) electrons. The molecule has 2 aromatic heterocycles. The minimum absolute atomic E-state index is 0.206. The fraction of sp³-hybridized carbons (Fsp3) is 0.389. The van der Waals surface area contributed by atoms with E-state index in [0.29, 0.717) is 22.7 Å². The maximum absolute atomic E-state index is 12.2. The second-order valence-corrected chi connectivity index (χ2v) is 7.13. The highest BCUT2D eigenvalue weighted by Crippen LogP contribution is 2.30. The number of esters is 1. The van der Waals surface area contributed by atoms with Gasteiger partial charge in [0.1, 0.15) is 0 Å². The van der Waals surface area contributed by atoms with Crippen molar-refractivity contribution in [2.24, 2.45) is 5.10 Å². The summed E-state index contributed by atoms with van der Waals surface area (Å²) in [6.07, 6.45) is 4.81. The summed E-state index contributed by atoms with van der Waals surface area (Å²) in [7, 11) is 0. The number of thiophene rings is 1. The Balaban J connectivity index is 1.68. The average molecular weight is 359 g/mol. The third-order valence-electron chi connectivity index (χ3n) is 4.29. The van der Waals surface area contributed by atoms with E-state index in [4.69, 9.17) is 4.74 Å². The van der Waals surface area contributed by atoms with Gasteiger partial charge in [-0.15, -0.1) is 11.3 Å². The van der Waals surface area contributed by atoms with Crippen LogP contribution in [0.2, 0.25) is 0 Å². The first-order chi connectivity index (χ1) is 12.0. The van der Waals surface area contributed by atoms with Crippen molar-refractivity contribution in [1.82, 2.24) is 10.4 Å². The normalized spacial score (nSPS) is 13.2. The van der Waals surface area contributed by atoms with Gasteiger partial charge in [-0.25, -0.2) is 10.2 Å². The molecule has 25 heavy (non-hydrogen) atoms. The van der Waals surface area contributed by atoms with E-state index >= 15 is 0 Å². The summed E-state index contributed by atoms with van der Waals surface area (Å²) >= 11 is 1.54. The Bertz CT molecular complexity index is 827. The lowest BCUT2D eigenvalue weighted by molar-refractivity contribution is 0.0525. The molecular formula is C18H21N3O3S. The lowest BCUT2D eigenvalue weighted by Crippen LogP contribution is -2.16. The number of aromatic nitrogens is 1. The van der Waals surface area contributed by atoms with Crippen LogP contribution in [0.15, 0.2) is 11.2 Å². The number of fused-ring (bicyclic) bond motifs is 1. The molecule has 0 unspecified atom stereocenters. The summed E-state index contributed by atoms with van der Waals surface area (Å²) < 4.78 is 5.06. The molecule has 132 valence electrons. The van der Waals surface area contributed by atoms with E-state index in [9.17, 15) is 9.59 Å². The number of amides is 1. The molecule has 7 heteroatoms. The summed E-state index contributed by atoms with van der Waals surface area (Å²) in [4.78, 5) is 29.3. The smallest absolute Gasteiger partial charge is 0.340 e. The fourth-order valence-corrected chi connectivity index (χ4v) is 4.21. The predicted molar refractivity (Wildman–Crippen MR) is 97.6 cm³/mol. The van der Waals surface area contributed by atoms with E-state index in [1.54, 1.807) is 18.3 Å². The lowest BCUT2D eigenvalue weighted by Gasteiger charge is -2.01. The molecule has 0 atom stereocenters. The standard InChI is InChI=1S/C18H21N3O3S/c1-4-24-18(23)16-10(2)13(20-11(16)3)9-19-21-17(22)15-8-12-6-5-7-14(12)25-15/h8-9,20H,4-7H2,1-3H3,(H,21,22)/b19-9+. The largest absolute Gasteiger partial charge is 0.462 e. The number of nitrogens with one attached hydrogen (secondary N) is 2. The summed E-state index contributed by atoms with van der Waals surface area (Å²) in [6, 6.07) is 1.96. The molecule has 3 rings (SSSR count). The van der Waals surface area contributed by atoms with Gasteiger partial charge in [-0.2, -0.15) is 5.10 Å². The molecule has 0 bridgehead atoms. The first-order valence-electron chi connectivity index (χ1n) is 8.32. The van der Waals surface area contributed by atoms with Crippen molar-refractivity contribution < 1.29 is 14.3 Å². The van der Waals surface area contributed by atoms with Gasteiger partial charge in [-0.3, -0.25) is 4.79 Å². The van der Waals surface area contributed by atoms with Crippen molar-refractivity contribution in [2.45, 2.75) is 40.0 Å². The van der Waals surface area contributed by atoms with Gasteiger partial charge < -0.3 is 9.72 Å². The van der Waals surface area contributed by atoms with Crippen molar-refractivity contribution in [3.63, 3.8) is 0 Å². The van der Waals surface area contributed by atoms with Crippen LogP contribution in [0.1, 0.15) is 60.8 Å². The van der Waals surface area contributed by atoms with E-state index in [1.165, 1.54) is 23.1 Å². The van der Waals surface area contributed by atoms with Crippen LogP contribution in [-0.2, 0) is 17.6 Å². The van der Waals surface area contributed by atoms with Crippen LogP contribution < -0.4 is 5.43 Å². The minimum atomic E-state index is -0.356. The number of hydrogen-bond acceptors (Lipinski definition) is 5. The summed E-state index contributed by atoms with van der Waals surface area (Å²) in [6.45, 7) is 5.73. The maximum Gasteiger partial charge on any atom is 0.340 e. The van der Waals surface area contributed by atoms with E-state index in [0.717, 1.165) is 24.1 Å². The molecule has 1 aliphatic carbocycles. The molecule has 2 heterocycles. The third-order valence-corrected chi connectivity index (χ3v) is 5.52. The second kappa shape index (κ2) is 7.23. The maximum atomic E-state index is 12.2. The lowest BCUT2D eigenvalue weighted by atomic mass is 10.1. The zero-order valence-corrected chi connectivity index (χ0v) is 15.4. The molecule has 0 saturated carbocycles. The zero-order valence-electron chi connectivity index (χ0n) is 14.6. The number of carbonyl (C=O) groups is 2. The Morgan fingerprint density at radius 1 is 1.40 bits per heavy atom. The molecule has 0 aliphatic heterocycles. The minimum Gasteiger partial charge on any atom is -0.462 e.